The van der Waals surface area contributed by atoms with E-state index in [0.717, 1.165) is 73.2 Å². The number of nitrogens with one attached hydrogen (secondary N) is 2. The number of anilines is 2. The first-order valence-electron chi connectivity index (χ1n) is 11.9. The number of aromatic nitrogens is 2. The second-order valence-electron chi connectivity index (χ2n) is 9.42. The summed E-state index contributed by atoms with van der Waals surface area (Å²) in [5, 5.41) is 4.36. The Labute approximate surface area is 209 Å². The summed E-state index contributed by atoms with van der Waals surface area (Å²) in [4.78, 5) is 11.1. The molecule has 1 heterocycles. The van der Waals surface area contributed by atoms with Gasteiger partial charge in [-0.2, -0.15) is 18.2 Å². The van der Waals surface area contributed by atoms with Gasteiger partial charge < -0.3 is 10.2 Å². The molecule has 0 amide bonds. The molecule has 0 saturated heterocycles. The molecule has 2 aromatic carbocycles. The van der Waals surface area contributed by atoms with Crippen LogP contribution >= 0.6 is 0 Å². The minimum absolute atomic E-state index is 0.166. The second kappa shape index (κ2) is 10.6. The van der Waals surface area contributed by atoms with Crippen molar-refractivity contribution in [1.29, 1.82) is 0 Å². The Hall–Kier alpha value is -2.92. The first-order chi connectivity index (χ1) is 17.0. The van der Waals surface area contributed by atoms with Crippen molar-refractivity contribution in [2.75, 3.05) is 37.4 Å². The zero-order valence-corrected chi connectivity index (χ0v) is 21.0. The quantitative estimate of drug-likeness (QED) is 0.438. The van der Waals surface area contributed by atoms with Crippen molar-refractivity contribution in [3.05, 3.63) is 54.1 Å². The average Bonchev–Trinajstić information content (AvgIpc) is 2.86. The number of alkyl halides is 3. The van der Waals surface area contributed by atoms with E-state index in [1.165, 1.54) is 0 Å². The van der Waals surface area contributed by atoms with E-state index >= 15 is 0 Å². The van der Waals surface area contributed by atoms with E-state index in [2.05, 4.69) is 20.0 Å². The number of hydrogen-bond donors (Lipinski definition) is 2. The van der Waals surface area contributed by atoms with Crippen LogP contribution in [-0.4, -0.2) is 45.6 Å². The van der Waals surface area contributed by atoms with Crippen molar-refractivity contribution >= 4 is 32.7 Å². The van der Waals surface area contributed by atoms with Gasteiger partial charge in [-0.3, -0.25) is 0 Å². The van der Waals surface area contributed by atoms with E-state index in [1.807, 2.05) is 43.3 Å². The SMILES string of the molecule is CN(C)c1nc(NCC2CCC(CNS(=O)(=O)c3ccc(C(F)(F)F)cc3)CC2)nc2ccccc12. The topological polar surface area (TPSA) is 87.2 Å². The molecular weight excluding hydrogens is 491 g/mol. The number of para-hydroxylation sites is 1. The fraction of sp³-hybridized carbons (Fsp3) is 0.440. The van der Waals surface area contributed by atoms with Gasteiger partial charge in [0.2, 0.25) is 16.0 Å². The zero-order valence-electron chi connectivity index (χ0n) is 20.2. The van der Waals surface area contributed by atoms with Gasteiger partial charge >= 0.3 is 6.18 Å². The highest BCUT2D eigenvalue weighted by Crippen LogP contribution is 2.31. The Kier molecular flexibility index (Phi) is 7.70. The van der Waals surface area contributed by atoms with Crippen LogP contribution in [0.4, 0.5) is 24.9 Å². The Morgan fingerprint density at radius 2 is 1.53 bits per heavy atom. The van der Waals surface area contributed by atoms with E-state index in [4.69, 9.17) is 0 Å². The normalized spacial score (nSPS) is 18.8. The van der Waals surface area contributed by atoms with Crippen LogP contribution in [0.2, 0.25) is 0 Å². The van der Waals surface area contributed by atoms with E-state index in [-0.39, 0.29) is 17.4 Å². The standard InChI is InChI=1S/C25H30F3N5O2S/c1-33(2)23-21-5-3-4-6-22(21)31-24(32-23)29-15-17-7-9-18(10-8-17)16-30-36(34,35)20-13-11-19(12-14-20)25(26,27)28/h3-6,11-14,17-18,30H,7-10,15-16H2,1-2H3,(H,29,31,32). The maximum absolute atomic E-state index is 12.7. The average molecular weight is 522 g/mol. The highest BCUT2D eigenvalue weighted by Gasteiger charge is 2.31. The Balaban J connectivity index is 1.27. The lowest BCUT2D eigenvalue weighted by molar-refractivity contribution is -0.137. The largest absolute Gasteiger partial charge is 0.416 e. The highest BCUT2D eigenvalue weighted by molar-refractivity contribution is 7.89. The summed E-state index contributed by atoms with van der Waals surface area (Å²) in [6.45, 7) is 0.999. The van der Waals surface area contributed by atoms with Crippen molar-refractivity contribution in [3.63, 3.8) is 0 Å². The van der Waals surface area contributed by atoms with Gasteiger partial charge in [-0.1, -0.05) is 12.1 Å². The molecule has 0 unspecified atom stereocenters. The highest BCUT2D eigenvalue weighted by atomic mass is 32.2. The zero-order chi connectivity index (χ0) is 25.9. The third-order valence-corrected chi connectivity index (χ3v) is 8.02. The van der Waals surface area contributed by atoms with Crippen LogP contribution in [0.25, 0.3) is 10.9 Å². The van der Waals surface area contributed by atoms with Crippen molar-refractivity contribution in [2.45, 2.75) is 36.8 Å². The molecule has 3 aromatic rings. The molecule has 1 aliphatic carbocycles. The van der Waals surface area contributed by atoms with Gasteiger partial charge in [-0.15, -0.1) is 0 Å². The second-order valence-corrected chi connectivity index (χ2v) is 11.2. The summed E-state index contributed by atoms with van der Waals surface area (Å²) in [5.41, 5.74) is 0.00291. The minimum atomic E-state index is -4.50. The molecule has 1 aromatic heterocycles. The number of sulfonamides is 1. The number of nitrogens with zero attached hydrogens (tertiary/aromatic N) is 3. The number of halogens is 3. The van der Waals surface area contributed by atoms with Gasteiger partial charge in [-0.25, -0.2) is 18.1 Å². The predicted octanol–water partition coefficient (Wildman–Crippen LogP) is 4.91. The number of rotatable bonds is 8. The third kappa shape index (κ3) is 6.25. The molecule has 0 spiro atoms. The molecule has 2 N–H and O–H groups in total. The summed E-state index contributed by atoms with van der Waals surface area (Å²) in [5.74, 6) is 2.05. The molecular formula is C25H30F3N5O2S. The van der Waals surface area contributed by atoms with Crippen LogP contribution in [0.5, 0.6) is 0 Å². The predicted molar refractivity (Wildman–Crippen MR) is 134 cm³/mol. The van der Waals surface area contributed by atoms with E-state index < -0.39 is 21.8 Å². The molecule has 11 heteroatoms. The van der Waals surface area contributed by atoms with Crippen molar-refractivity contribution in [1.82, 2.24) is 14.7 Å². The third-order valence-electron chi connectivity index (χ3n) is 6.58. The van der Waals surface area contributed by atoms with Gasteiger partial charge in [0.15, 0.2) is 0 Å². The maximum Gasteiger partial charge on any atom is 0.416 e. The van der Waals surface area contributed by atoms with Crippen LogP contribution in [0.15, 0.2) is 53.4 Å². The van der Waals surface area contributed by atoms with Crippen LogP contribution in [0, 0.1) is 11.8 Å². The van der Waals surface area contributed by atoms with Crippen molar-refractivity contribution < 1.29 is 21.6 Å². The van der Waals surface area contributed by atoms with Crippen LogP contribution < -0.4 is 14.9 Å². The Morgan fingerprint density at radius 3 is 2.14 bits per heavy atom. The van der Waals surface area contributed by atoms with Gasteiger partial charge in [0, 0.05) is 32.6 Å². The van der Waals surface area contributed by atoms with Crippen molar-refractivity contribution in [2.24, 2.45) is 11.8 Å². The first kappa shape index (κ1) is 26.2. The number of benzene rings is 2. The van der Waals surface area contributed by atoms with Crippen LogP contribution in [0.1, 0.15) is 31.2 Å². The fourth-order valence-corrected chi connectivity index (χ4v) is 5.61. The molecule has 36 heavy (non-hydrogen) atoms. The molecule has 1 saturated carbocycles. The van der Waals surface area contributed by atoms with Gasteiger partial charge in [0.1, 0.15) is 5.82 Å². The van der Waals surface area contributed by atoms with E-state index in [0.29, 0.717) is 11.9 Å². The maximum atomic E-state index is 12.7. The Bertz CT molecular complexity index is 1290. The summed E-state index contributed by atoms with van der Waals surface area (Å²) in [7, 11) is 0.0390. The molecule has 1 fully saturated rings. The summed E-state index contributed by atoms with van der Waals surface area (Å²) in [6, 6.07) is 11.4. The smallest absolute Gasteiger partial charge is 0.362 e. The van der Waals surface area contributed by atoms with Crippen LogP contribution in [-0.2, 0) is 16.2 Å². The first-order valence-corrected chi connectivity index (χ1v) is 13.4. The van der Waals surface area contributed by atoms with E-state index in [1.54, 1.807) is 0 Å². The lowest BCUT2D eigenvalue weighted by Gasteiger charge is -2.28. The molecule has 194 valence electrons. The van der Waals surface area contributed by atoms with Crippen LogP contribution in [0.3, 0.4) is 0 Å². The fourth-order valence-electron chi connectivity index (χ4n) is 4.49. The summed E-state index contributed by atoms with van der Waals surface area (Å²) < 4.78 is 65.7. The van der Waals surface area contributed by atoms with E-state index in [9.17, 15) is 21.6 Å². The van der Waals surface area contributed by atoms with Crippen molar-refractivity contribution in [3.8, 4) is 0 Å². The molecule has 4 rings (SSSR count). The minimum Gasteiger partial charge on any atom is -0.362 e. The number of hydrogen-bond acceptors (Lipinski definition) is 6. The molecule has 1 aliphatic rings. The molecule has 0 bridgehead atoms. The molecule has 7 nitrogen and oxygen atoms in total. The summed E-state index contributed by atoms with van der Waals surface area (Å²) >= 11 is 0. The van der Waals surface area contributed by atoms with Gasteiger partial charge in [0.05, 0.1) is 16.0 Å². The lowest BCUT2D eigenvalue weighted by atomic mass is 9.82. The summed E-state index contributed by atoms with van der Waals surface area (Å²) in [6.07, 6.45) is -0.896. The molecule has 0 radical (unpaired) electrons. The van der Waals surface area contributed by atoms with Gasteiger partial charge in [-0.05, 0) is 73.9 Å². The molecule has 0 aliphatic heterocycles. The molecule has 0 atom stereocenters. The monoisotopic (exact) mass is 521 g/mol. The Morgan fingerprint density at radius 1 is 0.917 bits per heavy atom. The van der Waals surface area contributed by atoms with Gasteiger partial charge in [0.25, 0.3) is 0 Å². The number of fused-ring (bicyclic) bond motifs is 1. The lowest BCUT2D eigenvalue weighted by Crippen LogP contribution is -2.32.